The van der Waals surface area contributed by atoms with Crippen LogP contribution in [0.1, 0.15) is 10.4 Å². The second kappa shape index (κ2) is 6.66. The Morgan fingerprint density at radius 3 is 2.43 bits per heavy atom. The smallest absolute Gasteiger partial charge is 0.328 e. The summed E-state index contributed by atoms with van der Waals surface area (Å²) in [6.45, 7) is -0.767. The van der Waals surface area contributed by atoms with Gasteiger partial charge in [-0.05, 0) is 18.2 Å². The summed E-state index contributed by atoms with van der Waals surface area (Å²) in [4.78, 5) is 22.5. The molecular formula is C12H16N2O6S. The van der Waals surface area contributed by atoms with Gasteiger partial charge >= 0.3 is 5.97 Å². The second-order valence-corrected chi connectivity index (χ2v) is 6.51. The van der Waals surface area contributed by atoms with Gasteiger partial charge in [-0.3, -0.25) is 4.79 Å². The average molecular weight is 316 g/mol. The number of aliphatic hydroxyl groups excluding tert-OH is 1. The number of hydrogen-bond donors (Lipinski definition) is 3. The van der Waals surface area contributed by atoms with Crippen LogP contribution < -0.4 is 5.32 Å². The van der Waals surface area contributed by atoms with Crippen molar-refractivity contribution in [1.29, 1.82) is 0 Å². The van der Waals surface area contributed by atoms with Gasteiger partial charge in [-0.15, -0.1) is 0 Å². The van der Waals surface area contributed by atoms with Gasteiger partial charge in [-0.1, -0.05) is 6.07 Å². The van der Waals surface area contributed by atoms with E-state index in [1.54, 1.807) is 0 Å². The number of aliphatic carboxylic acids is 1. The summed E-state index contributed by atoms with van der Waals surface area (Å²) >= 11 is 0. The Bertz CT molecular complexity index is 641. The maximum absolute atomic E-state index is 12.0. The quantitative estimate of drug-likeness (QED) is 0.625. The van der Waals surface area contributed by atoms with Crippen molar-refractivity contribution < 1.29 is 28.2 Å². The fourth-order valence-corrected chi connectivity index (χ4v) is 2.38. The van der Waals surface area contributed by atoms with Gasteiger partial charge in [-0.2, -0.15) is 0 Å². The fraction of sp³-hybridized carbons (Fsp3) is 0.333. The van der Waals surface area contributed by atoms with Crippen LogP contribution in [-0.4, -0.2) is 61.6 Å². The molecule has 0 heterocycles. The van der Waals surface area contributed by atoms with Gasteiger partial charge in [-0.25, -0.2) is 17.5 Å². The number of nitrogens with one attached hydrogen (secondary N) is 1. The number of carbonyl (C=O) groups is 2. The molecule has 0 aliphatic carbocycles. The summed E-state index contributed by atoms with van der Waals surface area (Å²) in [5.74, 6) is -2.17. The van der Waals surface area contributed by atoms with E-state index in [0.717, 1.165) is 10.4 Å². The number of nitrogens with zero attached hydrogens (tertiary/aromatic N) is 1. The molecule has 0 saturated carbocycles. The van der Waals surface area contributed by atoms with Crippen LogP contribution in [0.4, 0.5) is 0 Å². The molecule has 1 aromatic carbocycles. The monoisotopic (exact) mass is 316 g/mol. The maximum Gasteiger partial charge on any atom is 0.328 e. The van der Waals surface area contributed by atoms with Crippen molar-refractivity contribution in [3.63, 3.8) is 0 Å². The summed E-state index contributed by atoms with van der Waals surface area (Å²) in [6, 6.07) is 3.74. The van der Waals surface area contributed by atoms with Crippen LogP contribution in [0.25, 0.3) is 0 Å². The van der Waals surface area contributed by atoms with E-state index in [0.29, 0.717) is 0 Å². The Morgan fingerprint density at radius 1 is 1.33 bits per heavy atom. The van der Waals surface area contributed by atoms with Crippen LogP contribution in [0.3, 0.4) is 0 Å². The number of aliphatic hydroxyl groups is 1. The molecule has 0 saturated heterocycles. The van der Waals surface area contributed by atoms with Gasteiger partial charge in [0.15, 0.2) is 6.04 Å². The van der Waals surface area contributed by atoms with Gasteiger partial charge in [0.2, 0.25) is 10.0 Å². The number of carboxylic acids is 1. The van der Waals surface area contributed by atoms with E-state index in [-0.39, 0.29) is 10.5 Å². The Balaban J connectivity index is 3.06. The van der Waals surface area contributed by atoms with Crippen molar-refractivity contribution in [3.8, 4) is 0 Å². The molecule has 8 nitrogen and oxygen atoms in total. The van der Waals surface area contributed by atoms with E-state index in [9.17, 15) is 18.0 Å². The van der Waals surface area contributed by atoms with Crippen LogP contribution in [0.5, 0.6) is 0 Å². The van der Waals surface area contributed by atoms with Crippen LogP contribution in [0, 0.1) is 0 Å². The molecule has 0 aromatic heterocycles. The fourth-order valence-electron chi connectivity index (χ4n) is 1.44. The predicted molar refractivity (Wildman–Crippen MR) is 73.3 cm³/mol. The Morgan fingerprint density at radius 2 is 1.95 bits per heavy atom. The first kappa shape index (κ1) is 17.1. The zero-order valence-electron chi connectivity index (χ0n) is 11.5. The number of hydrogen-bond acceptors (Lipinski definition) is 5. The summed E-state index contributed by atoms with van der Waals surface area (Å²) in [5, 5.41) is 19.7. The lowest BCUT2D eigenvalue weighted by molar-refractivity contribution is -0.140. The molecule has 1 atom stereocenters. The van der Waals surface area contributed by atoms with Gasteiger partial charge < -0.3 is 15.5 Å². The topological polar surface area (TPSA) is 124 Å². The average Bonchev–Trinajstić information content (AvgIpc) is 2.44. The number of amides is 1. The highest BCUT2D eigenvalue weighted by Crippen LogP contribution is 2.14. The van der Waals surface area contributed by atoms with Gasteiger partial charge in [0.05, 0.1) is 11.5 Å². The molecule has 21 heavy (non-hydrogen) atoms. The van der Waals surface area contributed by atoms with E-state index in [4.69, 9.17) is 10.2 Å². The van der Waals surface area contributed by atoms with Crippen molar-refractivity contribution in [1.82, 2.24) is 9.62 Å². The second-order valence-electron chi connectivity index (χ2n) is 4.36. The van der Waals surface area contributed by atoms with E-state index in [1.165, 1.54) is 32.3 Å². The third-order valence-electron chi connectivity index (χ3n) is 2.66. The molecule has 0 radical (unpaired) electrons. The van der Waals surface area contributed by atoms with Crippen molar-refractivity contribution in [2.75, 3.05) is 20.7 Å². The molecule has 0 bridgehead atoms. The standard InChI is InChI=1S/C12H16N2O6S/c1-14(2)21(19,20)9-5-3-4-8(6-9)11(16)13-10(7-15)12(17)18/h3-6,10,15H,7H2,1-2H3,(H,13,16)(H,17,18)/t10-/m0/s1. The first-order valence-electron chi connectivity index (χ1n) is 5.87. The number of carbonyl (C=O) groups excluding carboxylic acids is 1. The number of benzene rings is 1. The third kappa shape index (κ3) is 4.00. The normalized spacial score (nSPS) is 13.0. The minimum Gasteiger partial charge on any atom is -0.480 e. The molecule has 1 amide bonds. The third-order valence-corrected chi connectivity index (χ3v) is 4.47. The lowest BCUT2D eigenvalue weighted by Crippen LogP contribution is -2.43. The zero-order chi connectivity index (χ0) is 16.2. The summed E-state index contributed by atoms with van der Waals surface area (Å²) in [7, 11) is -0.985. The Hall–Kier alpha value is -1.97. The van der Waals surface area contributed by atoms with Crippen LogP contribution in [0.15, 0.2) is 29.2 Å². The number of rotatable bonds is 6. The maximum atomic E-state index is 12.0. The van der Waals surface area contributed by atoms with Crippen molar-refractivity contribution in [2.24, 2.45) is 0 Å². The number of carboxylic acid groups (broad SMARTS) is 1. The molecule has 0 aliphatic heterocycles. The summed E-state index contributed by atoms with van der Waals surface area (Å²) in [6.07, 6.45) is 0. The van der Waals surface area contributed by atoms with Gasteiger partial charge in [0.25, 0.3) is 5.91 Å². The van der Waals surface area contributed by atoms with Gasteiger partial charge in [0, 0.05) is 19.7 Å². The molecule has 0 spiro atoms. The molecule has 0 fully saturated rings. The van der Waals surface area contributed by atoms with Crippen LogP contribution >= 0.6 is 0 Å². The van der Waals surface area contributed by atoms with E-state index < -0.39 is 34.5 Å². The SMILES string of the molecule is CN(C)S(=O)(=O)c1cccc(C(=O)N[C@@H](CO)C(=O)O)c1. The minimum atomic E-state index is -3.70. The molecule has 0 unspecified atom stereocenters. The van der Waals surface area contributed by atoms with Crippen LogP contribution in [-0.2, 0) is 14.8 Å². The van der Waals surface area contributed by atoms with E-state index in [1.807, 2.05) is 0 Å². The molecule has 116 valence electrons. The first-order valence-corrected chi connectivity index (χ1v) is 7.31. The molecule has 9 heteroatoms. The van der Waals surface area contributed by atoms with Gasteiger partial charge in [0.1, 0.15) is 0 Å². The Labute approximate surface area is 122 Å². The highest BCUT2D eigenvalue weighted by Gasteiger charge is 2.22. The van der Waals surface area contributed by atoms with Crippen LogP contribution in [0.2, 0.25) is 0 Å². The number of sulfonamides is 1. The molecule has 0 aliphatic rings. The van der Waals surface area contributed by atoms with E-state index in [2.05, 4.69) is 5.32 Å². The molecule has 1 rings (SSSR count). The molecular weight excluding hydrogens is 300 g/mol. The van der Waals surface area contributed by atoms with Crippen molar-refractivity contribution >= 4 is 21.9 Å². The van der Waals surface area contributed by atoms with Crippen molar-refractivity contribution in [3.05, 3.63) is 29.8 Å². The Kier molecular flexibility index (Phi) is 5.41. The predicted octanol–water partition coefficient (Wildman–Crippen LogP) is -0.888. The minimum absolute atomic E-state index is 0.0161. The largest absolute Gasteiger partial charge is 0.480 e. The van der Waals surface area contributed by atoms with Crippen molar-refractivity contribution in [2.45, 2.75) is 10.9 Å². The first-order chi connectivity index (χ1) is 9.70. The van der Waals surface area contributed by atoms with E-state index >= 15 is 0 Å². The lowest BCUT2D eigenvalue weighted by atomic mass is 10.2. The summed E-state index contributed by atoms with van der Waals surface area (Å²) in [5.41, 5.74) is -0.0161. The highest BCUT2D eigenvalue weighted by molar-refractivity contribution is 7.89. The highest BCUT2D eigenvalue weighted by atomic mass is 32.2. The summed E-state index contributed by atoms with van der Waals surface area (Å²) < 4.78 is 24.9. The lowest BCUT2D eigenvalue weighted by Gasteiger charge is -2.14. The zero-order valence-corrected chi connectivity index (χ0v) is 12.3. The molecule has 1 aromatic rings. The molecule has 3 N–H and O–H groups in total.